The standard InChI is InChI=1S/C12H14N4O3/c1-7(6-17)19-10-5-15-12-11(16-10)8(4-14-12)2-3-9(13)18/h2-5,7,17H,6H2,1H3,(H2,13,18)(H,14,15). The highest BCUT2D eigenvalue weighted by Crippen LogP contribution is 2.19. The molecule has 0 fully saturated rings. The maximum Gasteiger partial charge on any atom is 0.241 e. The van der Waals surface area contributed by atoms with Crippen molar-refractivity contribution in [3.8, 4) is 5.88 Å². The number of aliphatic hydroxyl groups is 1. The van der Waals surface area contributed by atoms with Gasteiger partial charge in [0.15, 0.2) is 5.65 Å². The number of carbonyl (C=O) groups is 1. The van der Waals surface area contributed by atoms with Crippen molar-refractivity contribution in [1.29, 1.82) is 0 Å². The van der Waals surface area contributed by atoms with Gasteiger partial charge >= 0.3 is 0 Å². The number of ether oxygens (including phenoxy) is 1. The molecule has 0 aromatic carbocycles. The average molecular weight is 262 g/mol. The molecule has 0 spiro atoms. The molecule has 7 heteroatoms. The van der Waals surface area contributed by atoms with Crippen LogP contribution in [0.25, 0.3) is 17.2 Å². The highest BCUT2D eigenvalue weighted by Gasteiger charge is 2.08. The molecule has 2 heterocycles. The number of nitrogens with zero attached hydrogens (tertiary/aromatic N) is 2. The van der Waals surface area contributed by atoms with Gasteiger partial charge in [0.25, 0.3) is 0 Å². The fourth-order valence-corrected chi connectivity index (χ4v) is 1.49. The van der Waals surface area contributed by atoms with Gasteiger partial charge in [0.1, 0.15) is 11.6 Å². The number of nitrogens with two attached hydrogens (primary N) is 1. The first-order valence-corrected chi connectivity index (χ1v) is 5.69. The van der Waals surface area contributed by atoms with Gasteiger partial charge in [-0.15, -0.1) is 0 Å². The lowest BCUT2D eigenvalue weighted by molar-refractivity contribution is -0.113. The number of aliphatic hydroxyl groups excluding tert-OH is 1. The molecule has 1 amide bonds. The number of carbonyl (C=O) groups excluding carboxylic acids is 1. The van der Waals surface area contributed by atoms with Crippen LogP contribution in [0.5, 0.6) is 5.88 Å². The summed E-state index contributed by atoms with van der Waals surface area (Å²) >= 11 is 0. The first kappa shape index (κ1) is 13.0. The average Bonchev–Trinajstić information content (AvgIpc) is 2.78. The van der Waals surface area contributed by atoms with E-state index >= 15 is 0 Å². The van der Waals surface area contributed by atoms with E-state index in [2.05, 4.69) is 15.0 Å². The second-order valence-electron chi connectivity index (χ2n) is 4.00. The van der Waals surface area contributed by atoms with Gasteiger partial charge in [0, 0.05) is 17.8 Å². The summed E-state index contributed by atoms with van der Waals surface area (Å²) < 4.78 is 5.37. The van der Waals surface area contributed by atoms with Gasteiger partial charge in [-0.05, 0) is 13.0 Å². The molecule has 0 saturated carbocycles. The largest absolute Gasteiger partial charge is 0.471 e. The second kappa shape index (κ2) is 5.49. The van der Waals surface area contributed by atoms with Gasteiger partial charge in [-0.25, -0.2) is 9.97 Å². The summed E-state index contributed by atoms with van der Waals surface area (Å²) in [6, 6.07) is 0. The number of rotatable bonds is 5. The Morgan fingerprint density at radius 2 is 2.47 bits per heavy atom. The Labute approximate surface area is 109 Å². The Kier molecular flexibility index (Phi) is 3.76. The highest BCUT2D eigenvalue weighted by atomic mass is 16.5. The molecule has 100 valence electrons. The molecular formula is C12H14N4O3. The van der Waals surface area contributed by atoms with Crippen molar-refractivity contribution in [3.05, 3.63) is 24.0 Å². The van der Waals surface area contributed by atoms with Crippen molar-refractivity contribution in [3.63, 3.8) is 0 Å². The van der Waals surface area contributed by atoms with E-state index in [1.54, 1.807) is 19.2 Å². The van der Waals surface area contributed by atoms with Crippen molar-refractivity contribution in [2.45, 2.75) is 13.0 Å². The molecule has 4 N–H and O–H groups in total. The molecule has 0 radical (unpaired) electrons. The van der Waals surface area contributed by atoms with Crippen molar-refractivity contribution in [1.82, 2.24) is 15.0 Å². The first-order valence-electron chi connectivity index (χ1n) is 5.69. The van der Waals surface area contributed by atoms with Crippen molar-refractivity contribution in [2.75, 3.05) is 6.61 Å². The number of amides is 1. The minimum atomic E-state index is -0.538. The Balaban J connectivity index is 2.34. The molecule has 0 aliphatic heterocycles. The van der Waals surface area contributed by atoms with Crippen LogP contribution >= 0.6 is 0 Å². The summed E-state index contributed by atoms with van der Waals surface area (Å²) in [5.74, 6) is -0.231. The van der Waals surface area contributed by atoms with Crippen LogP contribution < -0.4 is 10.5 Å². The van der Waals surface area contributed by atoms with E-state index in [-0.39, 0.29) is 12.7 Å². The van der Waals surface area contributed by atoms with E-state index in [0.29, 0.717) is 22.6 Å². The summed E-state index contributed by atoms with van der Waals surface area (Å²) in [5, 5.41) is 8.93. The minimum Gasteiger partial charge on any atom is -0.471 e. The van der Waals surface area contributed by atoms with Gasteiger partial charge in [-0.3, -0.25) is 4.79 Å². The molecule has 1 unspecified atom stereocenters. The Bertz CT molecular complexity index is 620. The van der Waals surface area contributed by atoms with E-state index in [9.17, 15) is 4.79 Å². The number of aromatic nitrogens is 3. The number of aromatic amines is 1. The number of H-pyrrole nitrogens is 1. The molecule has 19 heavy (non-hydrogen) atoms. The number of hydrogen-bond acceptors (Lipinski definition) is 5. The van der Waals surface area contributed by atoms with Crippen LogP contribution in [0.1, 0.15) is 12.5 Å². The van der Waals surface area contributed by atoms with E-state index in [1.807, 2.05) is 0 Å². The monoisotopic (exact) mass is 262 g/mol. The molecule has 1 atom stereocenters. The SMILES string of the molecule is CC(CO)Oc1cnc2[nH]cc(C=CC(N)=O)c2n1. The Hall–Kier alpha value is -2.41. The number of nitrogens with one attached hydrogen (secondary N) is 1. The van der Waals surface area contributed by atoms with Crippen LogP contribution in [0.15, 0.2) is 18.5 Å². The molecule has 0 saturated heterocycles. The second-order valence-corrected chi connectivity index (χ2v) is 4.00. The van der Waals surface area contributed by atoms with Crippen LogP contribution in [0.3, 0.4) is 0 Å². The van der Waals surface area contributed by atoms with E-state index in [1.165, 1.54) is 12.3 Å². The molecule has 2 aromatic rings. The predicted molar refractivity (Wildman–Crippen MR) is 69.3 cm³/mol. The zero-order valence-corrected chi connectivity index (χ0v) is 10.3. The zero-order valence-electron chi connectivity index (χ0n) is 10.3. The summed E-state index contributed by atoms with van der Waals surface area (Å²) in [4.78, 5) is 22.1. The van der Waals surface area contributed by atoms with Crippen LogP contribution in [-0.4, -0.2) is 38.7 Å². The third kappa shape index (κ3) is 3.08. The van der Waals surface area contributed by atoms with Crippen molar-refractivity contribution >= 4 is 23.1 Å². The van der Waals surface area contributed by atoms with E-state index < -0.39 is 5.91 Å². The lowest BCUT2D eigenvalue weighted by Crippen LogP contribution is -2.17. The Morgan fingerprint density at radius 1 is 1.68 bits per heavy atom. The predicted octanol–water partition coefficient (Wildman–Crippen LogP) is 0.216. The maximum absolute atomic E-state index is 10.7. The summed E-state index contributed by atoms with van der Waals surface area (Å²) in [5.41, 5.74) is 6.87. The normalized spacial score (nSPS) is 12.9. The lowest BCUT2D eigenvalue weighted by atomic mass is 10.3. The highest BCUT2D eigenvalue weighted by molar-refractivity contribution is 5.93. The molecule has 2 rings (SSSR count). The fraction of sp³-hybridized carbons (Fsp3) is 0.250. The lowest BCUT2D eigenvalue weighted by Gasteiger charge is -2.10. The van der Waals surface area contributed by atoms with Crippen LogP contribution in [0.4, 0.5) is 0 Å². The third-order valence-corrected chi connectivity index (χ3v) is 2.39. The fourth-order valence-electron chi connectivity index (χ4n) is 1.49. The molecule has 0 aliphatic rings. The maximum atomic E-state index is 10.7. The van der Waals surface area contributed by atoms with Crippen LogP contribution in [0.2, 0.25) is 0 Å². The van der Waals surface area contributed by atoms with Crippen LogP contribution in [0, 0.1) is 0 Å². The Morgan fingerprint density at radius 3 is 3.16 bits per heavy atom. The zero-order chi connectivity index (χ0) is 13.8. The molecule has 0 aliphatic carbocycles. The van der Waals surface area contributed by atoms with Gasteiger partial charge in [0.2, 0.25) is 11.8 Å². The smallest absolute Gasteiger partial charge is 0.241 e. The summed E-state index contributed by atoms with van der Waals surface area (Å²) in [6.07, 6.45) is 5.56. The van der Waals surface area contributed by atoms with Gasteiger partial charge in [0.05, 0.1) is 12.8 Å². The quantitative estimate of drug-likeness (QED) is 0.667. The van der Waals surface area contributed by atoms with Gasteiger partial charge in [-0.2, -0.15) is 0 Å². The van der Waals surface area contributed by atoms with E-state index in [0.717, 1.165) is 0 Å². The third-order valence-electron chi connectivity index (χ3n) is 2.39. The molecule has 0 bridgehead atoms. The van der Waals surface area contributed by atoms with Gasteiger partial charge in [-0.1, -0.05) is 0 Å². The topological polar surface area (TPSA) is 114 Å². The minimum absolute atomic E-state index is 0.110. The number of hydrogen-bond donors (Lipinski definition) is 3. The van der Waals surface area contributed by atoms with E-state index in [4.69, 9.17) is 15.6 Å². The molecular weight excluding hydrogens is 248 g/mol. The van der Waals surface area contributed by atoms with Crippen LogP contribution in [-0.2, 0) is 4.79 Å². The number of primary amides is 1. The van der Waals surface area contributed by atoms with Gasteiger partial charge < -0.3 is 20.6 Å². The van der Waals surface area contributed by atoms with Crippen molar-refractivity contribution < 1.29 is 14.6 Å². The summed E-state index contributed by atoms with van der Waals surface area (Å²) in [6.45, 7) is 1.61. The number of fused-ring (bicyclic) bond motifs is 1. The molecule has 7 nitrogen and oxygen atoms in total. The summed E-state index contributed by atoms with van der Waals surface area (Å²) in [7, 11) is 0. The van der Waals surface area contributed by atoms with Crippen molar-refractivity contribution in [2.24, 2.45) is 5.73 Å². The first-order chi connectivity index (χ1) is 9.10. The molecule has 2 aromatic heterocycles.